The minimum atomic E-state index is 0. The van der Waals surface area contributed by atoms with Crippen LogP contribution in [0.5, 0.6) is 0 Å². The zero-order chi connectivity index (χ0) is 14.3. The minimum Gasteiger partial charge on any atom is -0.331 e. The van der Waals surface area contributed by atoms with E-state index in [0.717, 1.165) is 4.48 Å². The summed E-state index contributed by atoms with van der Waals surface area (Å²) in [5.41, 5.74) is 0. The van der Waals surface area contributed by atoms with Gasteiger partial charge < -0.3 is 4.48 Å². The molecule has 2 N–H and O–H groups in total. The summed E-state index contributed by atoms with van der Waals surface area (Å²) in [4.78, 5) is 0. The van der Waals surface area contributed by atoms with E-state index in [9.17, 15) is 0 Å². The van der Waals surface area contributed by atoms with E-state index in [1.807, 2.05) is 0 Å². The summed E-state index contributed by atoms with van der Waals surface area (Å²) < 4.78 is 5.43. The standard InChI is InChI=1S/C15H34N.BrH2N.ClH/c1-5-6-7-8-9-10-11-12-13-14-15-16(2,3)4;1-2;/h5-15H2,1-4H3;2H2;1H/q+1;;. The first-order chi connectivity index (χ1) is 8.56. The number of hydrogen-bond acceptors (Lipinski definition) is 1. The molecule has 19 heavy (non-hydrogen) atoms. The van der Waals surface area contributed by atoms with Crippen molar-refractivity contribution in [3.63, 3.8) is 0 Å². The third kappa shape index (κ3) is 27.8. The lowest BCUT2D eigenvalue weighted by atomic mass is 10.1. The van der Waals surface area contributed by atoms with Crippen LogP contribution in [0.1, 0.15) is 71.1 Å². The Bertz CT molecular complexity index is 150. The molecular weight excluding hydrogens is 324 g/mol. The summed E-state index contributed by atoms with van der Waals surface area (Å²) >= 11 is 2.44. The molecule has 0 radical (unpaired) electrons. The number of nitrogens with zero attached hydrogens (tertiary/aromatic N) is 1. The van der Waals surface area contributed by atoms with Crippen LogP contribution in [0.15, 0.2) is 0 Å². The number of unbranched alkanes of at least 4 members (excludes halogenated alkanes) is 9. The van der Waals surface area contributed by atoms with Crippen LogP contribution in [-0.2, 0) is 0 Å². The van der Waals surface area contributed by atoms with Gasteiger partial charge in [0.05, 0.1) is 27.7 Å². The van der Waals surface area contributed by atoms with Crippen molar-refractivity contribution in [3.8, 4) is 0 Å². The average molecular weight is 361 g/mol. The fourth-order valence-electron chi connectivity index (χ4n) is 2.07. The van der Waals surface area contributed by atoms with Crippen molar-refractivity contribution in [2.45, 2.75) is 71.1 Å². The van der Waals surface area contributed by atoms with Gasteiger partial charge in [0.1, 0.15) is 0 Å². The van der Waals surface area contributed by atoms with Crippen LogP contribution < -0.4 is 4.76 Å². The molecule has 0 fully saturated rings. The van der Waals surface area contributed by atoms with E-state index in [0.29, 0.717) is 0 Å². The van der Waals surface area contributed by atoms with Gasteiger partial charge in [0, 0.05) is 16.1 Å². The lowest BCUT2D eigenvalue weighted by Gasteiger charge is -2.23. The Hall–Kier alpha value is 0.690. The van der Waals surface area contributed by atoms with Gasteiger partial charge in [-0.25, -0.2) is 0 Å². The molecule has 0 amide bonds. The molecule has 0 heterocycles. The predicted octanol–water partition coefficient (Wildman–Crippen LogP) is 5.29. The molecule has 0 aliphatic rings. The maximum absolute atomic E-state index is 4.31. The van der Waals surface area contributed by atoms with Crippen LogP contribution in [0.3, 0.4) is 0 Å². The van der Waals surface area contributed by atoms with Crippen LogP contribution in [0, 0.1) is 0 Å². The molecule has 4 heteroatoms. The average Bonchev–Trinajstić information content (AvgIpc) is 2.33. The molecule has 0 spiro atoms. The van der Waals surface area contributed by atoms with E-state index in [1.54, 1.807) is 0 Å². The molecule has 120 valence electrons. The zero-order valence-corrected chi connectivity index (χ0v) is 16.0. The molecule has 0 aromatic heterocycles. The van der Waals surface area contributed by atoms with E-state index in [4.69, 9.17) is 0 Å². The van der Waals surface area contributed by atoms with Gasteiger partial charge in [-0.1, -0.05) is 58.3 Å². The van der Waals surface area contributed by atoms with Gasteiger partial charge in [0.2, 0.25) is 0 Å². The van der Waals surface area contributed by atoms with Gasteiger partial charge >= 0.3 is 0 Å². The number of hydrogen-bond donors (Lipinski definition) is 1. The van der Waals surface area contributed by atoms with Gasteiger partial charge in [-0.2, -0.15) is 0 Å². The third-order valence-electron chi connectivity index (χ3n) is 3.18. The maximum Gasteiger partial charge on any atom is 0.0780 e. The first-order valence-electron chi connectivity index (χ1n) is 7.58. The molecule has 0 saturated carbocycles. The van der Waals surface area contributed by atoms with Crippen LogP contribution >= 0.6 is 28.6 Å². The predicted molar refractivity (Wildman–Crippen MR) is 95.1 cm³/mol. The van der Waals surface area contributed by atoms with E-state index >= 15 is 0 Å². The normalized spacial score (nSPS) is 10.4. The topological polar surface area (TPSA) is 26.0 Å². The van der Waals surface area contributed by atoms with Crippen molar-refractivity contribution >= 4 is 28.6 Å². The Balaban J connectivity index is -0.000000809. The summed E-state index contributed by atoms with van der Waals surface area (Å²) in [5.74, 6) is 0. The Labute approximate surface area is 136 Å². The maximum atomic E-state index is 4.31. The largest absolute Gasteiger partial charge is 0.331 e. The lowest BCUT2D eigenvalue weighted by molar-refractivity contribution is -0.870. The molecule has 0 saturated heterocycles. The highest BCUT2D eigenvalue weighted by Gasteiger charge is 2.04. The highest BCUT2D eigenvalue weighted by Crippen LogP contribution is 2.10. The molecular formula is C15H37BrClN2+. The van der Waals surface area contributed by atoms with Gasteiger partial charge in [-0.15, -0.1) is 12.4 Å². The second-order valence-electron chi connectivity index (χ2n) is 6.20. The molecule has 0 rings (SSSR count). The molecule has 0 bridgehead atoms. The Morgan fingerprint density at radius 2 is 1.00 bits per heavy atom. The second kappa shape index (κ2) is 18.7. The summed E-state index contributed by atoms with van der Waals surface area (Å²) in [6.07, 6.45) is 14.4. The summed E-state index contributed by atoms with van der Waals surface area (Å²) in [6, 6.07) is 0. The van der Waals surface area contributed by atoms with Crippen LogP contribution in [0.2, 0.25) is 0 Å². The number of nitrogens with two attached hydrogens (primary N) is 1. The highest BCUT2D eigenvalue weighted by molar-refractivity contribution is 9.07. The van der Waals surface area contributed by atoms with Gasteiger partial charge in [-0.05, 0) is 12.8 Å². The fourth-order valence-corrected chi connectivity index (χ4v) is 2.07. The van der Waals surface area contributed by atoms with Gasteiger partial charge in [0.15, 0.2) is 0 Å². The molecule has 0 aromatic carbocycles. The van der Waals surface area contributed by atoms with E-state index < -0.39 is 0 Å². The van der Waals surface area contributed by atoms with Crippen molar-refractivity contribution in [3.05, 3.63) is 0 Å². The van der Waals surface area contributed by atoms with Crippen molar-refractivity contribution in [2.24, 2.45) is 4.76 Å². The quantitative estimate of drug-likeness (QED) is 0.302. The molecule has 0 atom stereocenters. The molecule has 2 nitrogen and oxygen atoms in total. The smallest absolute Gasteiger partial charge is 0.0780 e. The Kier molecular flexibility index (Phi) is 24.3. The molecule has 0 unspecified atom stereocenters. The van der Waals surface area contributed by atoms with Crippen molar-refractivity contribution < 1.29 is 4.48 Å². The van der Waals surface area contributed by atoms with E-state index in [1.165, 1.54) is 70.8 Å². The zero-order valence-electron chi connectivity index (χ0n) is 13.6. The Morgan fingerprint density at radius 3 is 1.32 bits per heavy atom. The second-order valence-corrected chi connectivity index (χ2v) is 6.20. The fraction of sp³-hybridized carbons (Fsp3) is 1.00. The number of halogens is 2. The van der Waals surface area contributed by atoms with Crippen molar-refractivity contribution in [1.82, 2.24) is 0 Å². The summed E-state index contributed by atoms with van der Waals surface area (Å²) in [5, 5.41) is 0. The summed E-state index contributed by atoms with van der Waals surface area (Å²) in [7, 11) is 6.86. The van der Waals surface area contributed by atoms with Crippen LogP contribution in [0.25, 0.3) is 0 Å². The monoisotopic (exact) mass is 359 g/mol. The van der Waals surface area contributed by atoms with Crippen molar-refractivity contribution in [1.29, 1.82) is 0 Å². The van der Waals surface area contributed by atoms with E-state index in [2.05, 4.69) is 49.0 Å². The van der Waals surface area contributed by atoms with Crippen LogP contribution in [-0.4, -0.2) is 32.2 Å². The van der Waals surface area contributed by atoms with Crippen LogP contribution in [0.4, 0.5) is 0 Å². The molecule has 0 aliphatic carbocycles. The first-order valence-corrected chi connectivity index (χ1v) is 8.50. The highest BCUT2D eigenvalue weighted by atomic mass is 79.9. The first kappa shape index (κ1) is 24.7. The lowest BCUT2D eigenvalue weighted by Crippen LogP contribution is -2.35. The van der Waals surface area contributed by atoms with Crippen molar-refractivity contribution in [2.75, 3.05) is 27.7 Å². The SMILES string of the molecule is CCCCCCCCCCCC[N+](C)(C)C.Cl.NBr. The third-order valence-corrected chi connectivity index (χ3v) is 3.18. The van der Waals surface area contributed by atoms with Gasteiger partial charge in [0.25, 0.3) is 0 Å². The molecule has 0 aliphatic heterocycles. The van der Waals surface area contributed by atoms with Gasteiger partial charge in [-0.3, -0.25) is 4.76 Å². The Morgan fingerprint density at radius 1 is 0.684 bits per heavy atom. The minimum absolute atomic E-state index is 0. The number of quaternary nitrogens is 1. The summed E-state index contributed by atoms with van der Waals surface area (Å²) in [6.45, 7) is 3.62. The molecule has 0 aromatic rings. The number of rotatable bonds is 11. The van der Waals surface area contributed by atoms with E-state index in [-0.39, 0.29) is 12.4 Å².